The van der Waals surface area contributed by atoms with Crippen LogP contribution in [0.15, 0.2) is 42.0 Å². The maximum atomic E-state index is 12.4. The predicted octanol–water partition coefficient (Wildman–Crippen LogP) is 4.06. The van der Waals surface area contributed by atoms with E-state index < -0.39 is 0 Å². The van der Waals surface area contributed by atoms with E-state index in [0.29, 0.717) is 0 Å². The monoisotopic (exact) mass is 333 g/mol. The van der Waals surface area contributed by atoms with Gasteiger partial charge in [0, 0.05) is 23.1 Å². The highest BCUT2D eigenvalue weighted by Crippen LogP contribution is 2.23. The third-order valence-corrected chi connectivity index (χ3v) is 4.84. The Labute approximate surface area is 148 Å². The predicted molar refractivity (Wildman–Crippen MR) is 99.2 cm³/mol. The Hall–Kier alpha value is -2.80. The number of nitriles is 1. The number of para-hydroxylation sites is 1. The molecule has 1 saturated carbocycles. The van der Waals surface area contributed by atoms with Crippen molar-refractivity contribution in [3.63, 3.8) is 0 Å². The van der Waals surface area contributed by atoms with E-state index in [4.69, 9.17) is 0 Å². The van der Waals surface area contributed by atoms with E-state index in [-0.39, 0.29) is 17.5 Å². The van der Waals surface area contributed by atoms with Gasteiger partial charge in [0.25, 0.3) is 5.91 Å². The maximum absolute atomic E-state index is 12.4. The first-order valence-corrected chi connectivity index (χ1v) is 8.77. The number of aromatic nitrogens is 1. The standard InChI is InChI=1S/C21H23N3O/c1-15-12-17(16(2)24(15)20-10-4-3-5-11-20)13-18(14-22)21(25)23-19-8-6-7-9-19/h3-5,10-13,19H,6-9H2,1-2H3,(H,23,25). The summed E-state index contributed by atoms with van der Waals surface area (Å²) in [5, 5.41) is 12.4. The molecule has 128 valence electrons. The van der Waals surface area contributed by atoms with E-state index in [1.165, 1.54) is 0 Å². The van der Waals surface area contributed by atoms with Crippen LogP contribution in [0.5, 0.6) is 0 Å². The van der Waals surface area contributed by atoms with Crippen LogP contribution in [-0.2, 0) is 4.79 Å². The Kier molecular flexibility index (Phi) is 5.04. The number of amides is 1. The lowest BCUT2D eigenvalue weighted by Crippen LogP contribution is -2.33. The fourth-order valence-corrected chi connectivity index (χ4v) is 3.55. The Bertz CT molecular complexity index is 834. The van der Waals surface area contributed by atoms with Crippen molar-refractivity contribution in [2.24, 2.45) is 0 Å². The highest BCUT2D eigenvalue weighted by atomic mass is 16.1. The zero-order valence-electron chi connectivity index (χ0n) is 14.7. The number of hydrogen-bond acceptors (Lipinski definition) is 2. The van der Waals surface area contributed by atoms with Crippen molar-refractivity contribution in [1.82, 2.24) is 9.88 Å². The van der Waals surface area contributed by atoms with Crippen LogP contribution in [0.25, 0.3) is 11.8 Å². The van der Waals surface area contributed by atoms with E-state index in [1.54, 1.807) is 6.08 Å². The van der Waals surface area contributed by atoms with Gasteiger partial charge in [-0.05, 0) is 56.5 Å². The Morgan fingerprint density at radius 2 is 1.92 bits per heavy atom. The van der Waals surface area contributed by atoms with Gasteiger partial charge in [-0.2, -0.15) is 5.26 Å². The van der Waals surface area contributed by atoms with Crippen LogP contribution in [0.4, 0.5) is 0 Å². The summed E-state index contributed by atoms with van der Waals surface area (Å²) in [6, 6.07) is 14.4. The third-order valence-electron chi connectivity index (χ3n) is 4.84. The molecule has 1 amide bonds. The van der Waals surface area contributed by atoms with Crippen LogP contribution in [0.2, 0.25) is 0 Å². The molecular weight excluding hydrogens is 310 g/mol. The first kappa shape index (κ1) is 17.0. The van der Waals surface area contributed by atoms with Crippen molar-refractivity contribution in [2.45, 2.75) is 45.6 Å². The van der Waals surface area contributed by atoms with Crippen LogP contribution in [-0.4, -0.2) is 16.5 Å². The molecular formula is C21H23N3O. The summed E-state index contributed by atoms with van der Waals surface area (Å²) in [5.74, 6) is -0.265. The van der Waals surface area contributed by atoms with Crippen molar-refractivity contribution in [2.75, 3.05) is 0 Å². The fraction of sp³-hybridized carbons (Fsp3) is 0.333. The van der Waals surface area contributed by atoms with Gasteiger partial charge < -0.3 is 9.88 Å². The molecule has 0 saturated heterocycles. The molecule has 1 fully saturated rings. The minimum Gasteiger partial charge on any atom is -0.349 e. The van der Waals surface area contributed by atoms with Crippen LogP contribution >= 0.6 is 0 Å². The zero-order valence-corrected chi connectivity index (χ0v) is 14.7. The molecule has 0 bridgehead atoms. The Morgan fingerprint density at radius 1 is 1.24 bits per heavy atom. The molecule has 0 aliphatic heterocycles. The smallest absolute Gasteiger partial charge is 0.262 e. The van der Waals surface area contributed by atoms with E-state index in [9.17, 15) is 10.1 Å². The number of benzene rings is 1. The number of rotatable bonds is 4. The lowest BCUT2D eigenvalue weighted by molar-refractivity contribution is -0.117. The maximum Gasteiger partial charge on any atom is 0.262 e. The second kappa shape index (κ2) is 7.40. The molecule has 4 nitrogen and oxygen atoms in total. The topological polar surface area (TPSA) is 57.8 Å². The van der Waals surface area contributed by atoms with E-state index >= 15 is 0 Å². The normalized spacial score (nSPS) is 15.2. The highest BCUT2D eigenvalue weighted by Gasteiger charge is 2.20. The van der Waals surface area contributed by atoms with Crippen LogP contribution in [0, 0.1) is 25.2 Å². The molecule has 4 heteroatoms. The van der Waals surface area contributed by atoms with Gasteiger partial charge in [0.1, 0.15) is 11.6 Å². The molecule has 0 radical (unpaired) electrons. The van der Waals surface area contributed by atoms with Crippen molar-refractivity contribution in [3.05, 3.63) is 58.9 Å². The number of aryl methyl sites for hydroxylation is 1. The lowest BCUT2D eigenvalue weighted by atomic mass is 10.1. The summed E-state index contributed by atoms with van der Waals surface area (Å²) in [5.41, 5.74) is 4.24. The summed E-state index contributed by atoms with van der Waals surface area (Å²) in [6.07, 6.45) is 6.01. The van der Waals surface area contributed by atoms with Gasteiger partial charge in [-0.25, -0.2) is 0 Å². The van der Waals surface area contributed by atoms with Gasteiger partial charge in [-0.15, -0.1) is 0 Å². The van der Waals surface area contributed by atoms with Gasteiger partial charge in [0.15, 0.2) is 0 Å². The van der Waals surface area contributed by atoms with Crippen molar-refractivity contribution in [3.8, 4) is 11.8 Å². The van der Waals surface area contributed by atoms with Crippen molar-refractivity contribution >= 4 is 12.0 Å². The van der Waals surface area contributed by atoms with Crippen LogP contribution in [0.1, 0.15) is 42.6 Å². The van der Waals surface area contributed by atoms with Gasteiger partial charge >= 0.3 is 0 Å². The number of hydrogen-bond donors (Lipinski definition) is 1. The van der Waals surface area contributed by atoms with E-state index in [2.05, 4.69) is 16.0 Å². The first-order valence-electron chi connectivity index (χ1n) is 8.77. The highest BCUT2D eigenvalue weighted by molar-refractivity contribution is 6.02. The fourth-order valence-electron chi connectivity index (χ4n) is 3.55. The number of carbonyl (C=O) groups is 1. The zero-order chi connectivity index (χ0) is 17.8. The number of nitrogens with one attached hydrogen (secondary N) is 1. The summed E-state index contributed by atoms with van der Waals surface area (Å²) in [7, 11) is 0. The molecule has 3 rings (SSSR count). The molecule has 1 aromatic heterocycles. The minimum absolute atomic E-state index is 0.167. The molecule has 1 aliphatic carbocycles. The second-order valence-corrected chi connectivity index (χ2v) is 6.62. The molecule has 25 heavy (non-hydrogen) atoms. The van der Waals surface area contributed by atoms with Crippen LogP contribution < -0.4 is 5.32 Å². The molecule has 0 unspecified atom stereocenters. The van der Waals surface area contributed by atoms with E-state index in [0.717, 1.165) is 48.3 Å². The van der Waals surface area contributed by atoms with Crippen LogP contribution in [0.3, 0.4) is 0 Å². The Morgan fingerprint density at radius 3 is 2.56 bits per heavy atom. The molecule has 0 atom stereocenters. The molecule has 2 aromatic rings. The molecule has 1 heterocycles. The summed E-state index contributed by atoms with van der Waals surface area (Å²) in [4.78, 5) is 12.4. The van der Waals surface area contributed by atoms with Gasteiger partial charge in [-0.3, -0.25) is 4.79 Å². The first-order chi connectivity index (χ1) is 12.1. The average Bonchev–Trinajstić information content (AvgIpc) is 3.21. The second-order valence-electron chi connectivity index (χ2n) is 6.62. The van der Waals surface area contributed by atoms with Gasteiger partial charge in [0.05, 0.1) is 0 Å². The van der Waals surface area contributed by atoms with Gasteiger partial charge in [-0.1, -0.05) is 31.0 Å². The molecule has 1 aliphatic rings. The van der Waals surface area contributed by atoms with Crippen molar-refractivity contribution in [1.29, 1.82) is 5.26 Å². The quantitative estimate of drug-likeness (QED) is 0.677. The SMILES string of the molecule is Cc1cc(C=C(C#N)C(=O)NC2CCCC2)c(C)n1-c1ccccc1. The summed E-state index contributed by atoms with van der Waals surface area (Å²) >= 11 is 0. The van der Waals surface area contributed by atoms with Crippen molar-refractivity contribution < 1.29 is 4.79 Å². The van der Waals surface area contributed by atoms with E-state index in [1.807, 2.05) is 50.2 Å². The minimum atomic E-state index is -0.265. The lowest BCUT2D eigenvalue weighted by Gasteiger charge is -2.11. The third kappa shape index (κ3) is 3.66. The summed E-state index contributed by atoms with van der Waals surface area (Å²) < 4.78 is 2.13. The largest absolute Gasteiger partial charge is 0.349 e. The average molecular weight is 333 g/mol. The Balaban J connectivity index is 1.89. The van der Waals surface area contributed by atoms with Gasteiger partial charge in [0.2, 0.25) is 0 Å². The summed E-state index contributed by atoms with van der Waals surface area (Å²) in [6.45, 7) is 4.04. The number of nitrogens with zero attached hydrogens (tertiary/aromatic N) is 2. The molecule has 1 aromatic carbocycles. The molecule has 0 spiro atoms. The number of carbonyl (C=O) groups excluding carboxylic acids is 1. The molecule has 1 N–H and O–H groups in total.